The van der Waals surface area contributed by atoms with Gasteiger partial charge in [0.25, 0.3) is 5.91 Å². The van der Waals surface area contributed by atoms with Crippen molar-refractivity contribution in [3.05, 3.63) is 23.8 Å². The van der Waals surface area contributed by atoms with Gasteiger partial charge in [-0.2, -0.15) is 0 Å². The maximum Gasteiger partial charge on any atom is 0.257 e. The Morgan fingerprint density at radius 3 is 2.65 bits per heavy atom. The fraction of sp³-hybridized carbons (Fsp3) is 0.667. The molecule has 1 aromatic carbocycles. The monoisotopic (exact) mass is 431 g/mol. The number of carbonyl (C=O) groups excluding carboxylic acids is 2. The molecule has 7 nitrogen and oxygen atoms in total. The highest BCUT2D eigenvalue weighted by Gasteiger charge is 2.31. The average molecular weight is 432 g/mol. The predicted molar refractivity (Wildman–Crippen MR) is 122 cm³/mol. The number of anilines is 1. The van der Waals surface area contributed by atoms with E-state index in [1.54, 1.807) is 44.2 Å². The molecule has 1 fully saturated rings. The number of hydrogen-bond donors (Lipinski definition) is 1. The first-order valence-corrected chi connectivity index (χ1v) is 11.4. The van der Waals surface area contributed by atoms with Crippen LogP contribution in [0.1, 0.15) is 50.4 Å². The van der Waals surface area contributed by atoms with E-state index in [-0.39, 0.29) is 29.9 Å². The fourth-order valence-corrected chi connectivity index (χ4v) is 4.06. The molecule has 3 rings (SSSR count). The lowest BCUT2D eigenvalue weighted by atomic mass is 10.0. The Kier molecular flexibility index (Phi) is 7.94. The molecule has 1 aliphatic heterocycles. The summed E-state index contributed by atoms with van der Waals surface area (Å²) in [6.07, 6.45) is 2.94. The summed E-state index contributed by atoms with van der Waals surface area (Å²) < 4.78 is 12.0. The SMILES string of the molecule is CCC(=O)Nc1ccc2c(c1)OC[C@H](C)N(CC1CC1)C[C@@H](C)[C@@H](OC)CN(C)C2=O. The lowest BCUT2D eigenvalue weighted by Crippen LogP contribution is -2.47. The number of amides is 2. The average Bonchev–Trinajstić information content (AvgIpc) is 3.58. The van der Waals surface area contributed by atoms with Crippen LogP contribution in [0.3, 0.4) is 0 Å². The van der Waals surface area contributed by atoms with Crippen molar-refractivity contribution in [3.63, 3.8) is 0 Å². The zero-order chi connectivity index (χ0) is 22.5. The summed E-state index contributed by atoms with van der Waals surface area (Å²) >= 11 is 0. The van der Waals surface area contributed by atoms with Gasteiger partial charge in [-0.25, -0.2) is 0 Å². The van der Waals surface area contributed by atoms with Gasteiger partial charge >= 0.3 is 0 Å². The van der Waals surface area contributed by atoms with Crippen molar-refractivity contribution in [2.45, 2.75) is 52.2 Å². The Hall–Kier alpha value is -2.12. The molecule has 0 unspecified atom stereocenters. The molecule has 0 spiro atoms. The van der Waals surface area contributed by atoms with Crippen molar-refractivity contribution < 1.29 is 19.1 Å². The Balaban J connectivity index is 1.90. The molecule has 0 saturated heterocycles. The van der Waals surface area contributed by atoms with Crippen molar-refractivity contribution in [1.82, 2.24) is 9.80 Å². The summed E-state index contributed by atoms with van der Waals surface area (Å²) in [5, 5.41) is 2.86. The van der Waals surface area contributed by atoms with Crippen LogP contribution in [0.25, 0.3) is 0 Å². The summed E-state index contributed by atoms with van der Waals surface area (Å²) in [6.45, 7) is 9.14. The molecule has 0 radical (unpaired) electrons. The van der Waals surface area contributed by atoms with E-state index >= 15 is 0 Å². The Morgan fingerprint density at radius 2 is 2.00 bits per heavy atom. The van der Waals surface area contributed by atoms with Gasteiger partial charge in [0.2, 0.25) is 5.91 Å². The van der Waals surface area contributed by atoms with Crippen LogP contribution < -0.4 is 10.1 Å². The number of fused-ring (bicyclic) bond motifs is 1. The molecule has 1 saturated carbocycles. The number of carbonyl (C=O) groups is 2. The third-order valence-electron chi connectivity index (χ3n) is 6.37. The van der Waals surface area contributed by atoms with Gasteiger partial charge in [-0.15, -0.1) is 0 Å². The van der Waals surface area contributed by atoms with E-state index in [1.165, 1.54) is 12.8 Å². The number of benzene rings is 1. The maximum absolute atomic E-state index is 13.2. The minimum atomic E-state index is -0.110. The molecule has 0 bridgehead atoms. The van der Waals surface area contributed by atoms with Crippen molar-refractivity contribution in [2.75, 3.05) is 45.7 Å². The topological polar surface area (TPSA) is 71.1 Å². The molecule has 0 aromatic heterocycles. The van der Waals surface area contributed by atoms with Gasteiger partial charge in [-0.1, -0.05) is 13.8 Å². The predicted octanol–water partition coefficient (Wildman–Crippen LogP) is 3.25. The standard InChI is InChI=1S/C24H37N3O4/c1-6-23(28)25-19-9-10-20-21(11-19)31-15-17(3)27(13-18-7-8-18)12-16(2)22(30-5)14-26(4)24(20)29/h9-11,16-18,22H,6-8,12-15H2,1-5H3,(H,25,28)/t16-,17+,22+/m1/s1. The van der Waals surface area contributed by atoms with Gasteiger partial charge in [-0.05, 0) is 43.7 Å². The molecule has 1 aliphatic carbocycles. The molecule has 31 heavy (non-hydrogen) atoms. The van der Waals surface area contributed by atoms with E-state index in [1.807, 2.05) is 0 Å². The van der Waals surface area contributed by atoms with Crippen LogP contribution in [0.4, 0.5) is 5.69 Å². The number of nitrogens with one attached hydrogen (secondary N) is 1. The van der Waals surface area contributed by atoms with Crippen LogP contribution in [-0.2, 0) is 9.53 Å². The van der Waals surface area contributed by atoms with Crippen LogP contribution in [0.5, 0.6) is 5.75 Å². The first kappa shape index (κ1) is 23.5. The molecule has 1 heterocycles. The lowest BCUT2D eigenvalue weighted by Gasteiger charge is -2.36. The molecular formula is C24H37N3O4. The summed E-state index contributed by atoms with van der Waals surface area (Å²) in [5.41, 5.74) is 1.14. The first-order chi connectivity index (χ1) is 14.8. The highest BCUT2D eigenvalue weighted by atomic mass is 16.5. The van der Waals surface area contributed by atoms with Crippen LogP contribution in [-0.4, -0.2) is 74.2 Å². The second kappa shape index (κ2) is 10.5. The fourth-order valence-electron chi connectivity index (χ4n) is 4.06. The molecule has 7 heteroatoms. The number of likely N-dealkylation sites (N-methyl/N-ethyl adjacent to an activating group) is 1. The van der Waals surface area contributed by atoms with Gasteiger partial charge in [-0.3, -0.25) is 14.5 Å². The highest BCUT2D eigenvalue weighted by molar-refractivity contribution is 5.98. The number of hydrogen-bond acceptors (Lipinski definition) is 5. The quantitative estimate of drug-likeness (QED) is 0.775. The Labute approximate surface area is 186 Å². The van der Waals surface area contributed by atoms with E-state index in [0.717, 1.165) is 19.0 Å². The maximum atomic E-state index is 13.2. The molecule has 2 amide bonds. The van der Waals surface area contributed by atoms with Crippen molar-refractivity contribution in [1.29, 1.82) is 0 Å². The largest absolute Gasteiger partial charge is 0.491 e. The van der Waals surface area contributed by atoms with Gasteiger partial charge in [0.1, 0.15) is 12.4 Å². The van der Waals surface area contributed by atoms with Crippen molar-refractivity contribution in [3.8, 4) is 5.75 Å². The summed E-state index contributed by atoms with van der Waals surface area (Å²) in [4.78, 5) is 29.2. The van der Waals surface area contributed by atoms with Gasteiger partial charge in [0.05, 0.1) is 11.7 Å². The van der Waals surface area contributed by atoms with Gasteiger partial charge in [0, 0.05) is 58.0 Å². The Morgan fingerprint density at radius 1 is 1.26 bits per heavy atom. The van der Waals surface area contributed by atoms with Crippen LogP contribution >= 0.6 is 0 Å². The summed E-state index contributed by atoms with van der Waals surface area (Å²) in [5.74, 6) is 1.38. The normalized spacial score (nSPS) is 25.8. The zero-order valence-electron chi connectivity index (χ0n) is 19.5. The van der Waals surface area contributed by atoms with Crippen molar-refractivity contribution in [2.24, 2.45) is 11.8 Å². The van der Waals surface area contributed by atoms with E-state index in [2.05, 4.69) is 24.1 Å². The molecule has 1 aromatic rings. The van der Waals surface area contributed by atoms with Crippen LogP contribution in [0, 0.1) is 11.8 Å². The third-order valence-corrected chi connectivity index (χ3v) is 6.37. The highest BCUT2D eigenvalue weighted by Crippen LogP contribution is 2.32. The second-order valence-electron chi connectivity index (χ2n) is 9.11. The number of nitrogens with zero attached hydrogens (tertiary/aromatic N) is 2. The lowest BCUT2D eigenvalue weighted by molar-refractivity contribution is -0.115. The van der Waals surface area contributed by atoms with Crippen LogP contribution in [0.2, 0.25) is 0 Å². The zero-order valence-corrected chi connectivity index (χ0v) is 19.5. The molecular weight excluding hydrogens is 394 g/mol. The van der Waals surface area contributed by atoms with Crippen molar-refractivity contribution >= 4 is 17.5 Å². The Bertz CT molecular complexity index is 780. The summed E-state index contributed by atoms with van der Waals surface area (Å²) in [7, 11) is 3.52. The first-order valence-electron chi connectivity index (χ1n) is 11.4. The number of ether oxygens (including phenoxy) is 2. The molecule has 2 aliphatic rings. The minimum absolute atomic E-state index is 0.0465. The number of methoxy groups -OCH3 is 1. The van der Waals surface area contributed by atoms with Gasteiger partial charge in [0.15, 0.2) is 0 Å². The number of rotatable bonds is 5. The van der Waals surface area contributed by atoms with Crippen LogP contribution in [0.15, 0.2) is 18.2 Å². The van der Waals surface area contributed by atoms with Gasteiger partial charge < -0.3 is 19.7 Å². The van der Waals surface area contributed by atoms with E-state index in [4.69, 9.17) is 9.47 Å². The van der Waals surface area contributed by atoms with E-state index < -0.39 is 0 Å². The summed E-state index contributed by atoms with van der Waals surface area (Å²) in [6, 6.07) is 5.46. The molecule has 3 atom stereocenters. The van der Waals surface area contributed by atoms with E-state index in [9.17, 15) is 9.59 Å². The smallest absolute Gasteiger partial charge is 0.257 e. The molecule has 1 N–H and O–H groups in total. The third kappa shape index (κ3) is 6.20. The minimum Gasteiger partial charge on any atom is -0.491 e. The van der Waals surface area contributed by atoms with E-state index in [0.29, 0.717) is 36.6 Å². The second-order valence-corrected chi connectivity index (χ2v) is 9.11. The molecule has 172 valence electrons.